The van der Waals surface area contributed by atoms with Crippen molar-refractivity contribution in [2.45, 2.75) is 70.9 Å². The van der Waals surface area contributed by atoms with Crippen LogP contribution in [-0.4, -0.2) is 43.3 Å². The van der Waals surface area contributed by atoms with Crippen LogP contribution in [0.3, 0.4) is 0 Å². The number of rotatable bonds is 13. The minimum Gasteiger partial charge on any atom is -0.493 e. The molecule has 0 saturated heterocycles. The molecule has 260 valence electrons. The number of hydrogen-bond donors (Lipinski definition) is 0. The topological polar surface area (TPSA) is 76.1 Å². The van der Waals surface area contributed by atoms with E-state index in [1.807, 2.05) is 60.2 Å². The van der Waals surface area contributed by atoms with Gasteiger partial charge in [0.1, 0.15) is 11.4 Å². The predicted molar refractivity (Wildman–Crippen MR) is 204 cm³/mol. The molecule has 8 nitrogen and oxygen atoms in total. The number of carbonyl (C=O) groups is 1. The Hall–Kier alpha value is -4.21. The van der Waals surface area contributed by atoms with E-state index in [2.05, 4.69) is 54.9 Å². The molecule has 0 radical (unpaired) electrons. The number of fused-ring (bicyclic) bond motifs is 3. The summed E-state index contributed by atoms with van der Waals surface area (Å²) in [6, 6.07) is 18.8. The molecule has 0 saturated carbocycles. The van der Waals surface area contributed by atoms with Crippen LogP contribution in [-0.2, 0) is 56.1 Å². The van der Waals surface area contributed by atoms with Crippen LogP contribution in [0.25, 0.3) is 32.8 Å². The predicted octanol–water partition coefficient (Wildman–Crippen LogP) is 9.02. The zero-order valence-electron chi connectivity index (χ0n) is 29.5. The molecule has 0 fully saturated rings. The summed E-state index contributed by atoms with van der Waals surface area (Å²) in [5.41, 5.74) is 10.2. The van der Waals surface area contributed by atoms with Gasteiger partial charge < -0.3 is 14.0 Å². The van der Waals surface area contributed by atoms with Crippen LogP contribution in [0.5, 0.6) is 5.75 Å². The first kappa shape index (κ1) is 34.2. The van der Waals surface area contributed by atoms with Crippen molar-refractivity contribution in [2.24, 2.45) is 14.1 Å². The van der Waals surface area contributed by atoms with Gasteiger partial charge in [-0.25, -0.2) is 4.79 Å². The lowest BCUT2D eigenvalue weighted by Crippen LogP contribution is -2.13. The fraction of sp³-hybridized carbons (Fsp3) is 0.375. The molecule has 0 atom stereocenters. The number of thioether (sulfide) groups is 1. The average molecular weight is 710 g/mol. The molecule has 0 amide bonds. The van der Waals surface area contributed by atoms with Crippen LogP contribution in [0.2, 0.25) is 5.02 Å². The fourth-order valence-corrected chi connectivity index (χ4v) is 8.62. The average Bonchev–Trinajstić information content (AvgIpc) is 3.85. The molecule has 0 spiro atoms. The Morgan fingerprint density at radius 3 is 2.64 bits per heavy atom. The van der Waals surface area contributed by atoms with Crippen molar-refractivity contribution in [3.8, 4) is 16.9 Å². The molecule has 1 aliphatic heterocycles. The van der Waals surface area contributed by atoms with Crippen molar-refractivity contribution in [1.82, 2.24) is 24.1 Å². The van der Waals surface area contributed by atoms with Crippen molar-refractivity contribution < 1.29 is 14.3 Å². The minimum atomic E-state index is -0.327. The molecule has 0 N–H and O–H groups in total. The van der Waals surface area contributed by atoms with Gasteiger partial charge in [-0.1, -0.05) is 54.9 Å². The third-order valence-electron chi connectivity index (χ3n) is 9.72. The smallest absolute Gasteiger partial charge is 0.355 e. The highest BCUT2D eigenvalue weighted by Crippen LogP contribution is 2.44. The van der Waals surface area contributed by atoms with Crippen molar-refractivity contribution >= 4 is 51.0 Å². The van der Waals surface area contributed by atoms with Crippen LogP contribution in [0.15, 0.2) is 54.6 Å². The van der Waals surface area contributed by atoms with Gasteiger partial charge in [0.05, 0.1) is 35.1 Å². The normalized spacial score (nSPS) is 12.7. The molecular weight excluding hydrogens is 666 g/mol. The number of esters is 1. The summed E-state index contributed by atoms with van der Waals surface area (Å²) in [5, 5.41) is 13.8. The monoisotopic (exact) mass is 709 g/mol. The van der Waals surface area contributed by atoms with Crippen molar-refractivity contribution in [2.75, 3.05) is 13.2 Å². The highest BCUT2D eigenvalue weighted by atomic mass is 35.5. The summed E-state index contributed by atoms with van der Waals surface area (Å²) in [6.45, 7) is 7.79. The van der Waals surface area contributed by atoms with Gasteiger partial charge in [-0.2, -0.15) is 10.2 Å². The van der Waals surface area contributed by atoms with Gasteiger partial charge in [-0.15, -0.1) is 11.8 Å². The molecular formula is C40H44ClN5O3S. The van der Waals surface area contributed by atoms with E-state index in [1.54, 1.807) is 0 Å². The van der Waals surface area contributed by atoms with E-state index in [-0.39, 0.29) is 5.97 Å². The van der Waals surface area contributed by atoms with Crippen molar-refractivity contribution in [1.29, 1.82) is 0 Å². The second-order valence-corrected chi connectivity index (χ2v) is 14.4. The highest BCUT2D eigenvalue weighted by Gasteiger charge is 2.30. The number of aryl methyl sites for hydroxylation is 6. The molecule has 1 aliphatic rings. The second kappa shape index (κ2) is 14.6. The van der Waals surface area contributed by atoms with E-state index in [0.29, 0.717) is 30.4 Å². The lowest BCUT2D eigenvalue weighted by Gasteiger charge is -2.12. The number of carbonyl (C=O) groups excluding carboxylic acids is 1. The second-order valence-electron chi connectivity index (χ2n) is 13.1. The number of ether oxygens (including phenoxy) is 2. The van der Waals surface area contributed by atoms with Gasteiger partial charge in [-0.05, 0) is 80.7 Å². The number of nitrogens with zero attached hydrogens (tertiary/aromatic N) is 5. The number of benzene rings is 3. The van der Waals surface area contributed by atoms with E-state index in [0.717, 1.165) is 105 Å². The SMILES string of the molecule is CCOC(=O)c1c(CCCOc2cc(C)cc3ccccc23)c2ccc(Cl)c(-c3c(CSCc4cc(CC)n(C)n4)nn4c3CCC4)c2n1C. The zero-order valence-corrected chi connectivity index (χ0v) is 31.1. The van der Waals surface area contributed by atoms with Gasteiger partial charge in [0.15, 0.2) is 0 Å². The lowest BCUT2D eigenvalue weighted by molar-refractivity contribution is 0.0514. The summed E-state index contributed by atoms with van der Waals surface area (Å²) in [4.78, 5) is 13.6. The third kappa shape index (κ3) is 6.42. The summed E-state index contributed by atoms with van der Waals surface area (Å²) < 4.78 is 18.1. The van der Waals surface area contributed by atoms with E-state index in [1.165, 1.54) is 11.4 Å². The first-order valence-electron chi connectivity index (χ1n) is 17.6. The Balaban J connectivity index is 1.23. The van der Waals surface area contributed by atoms with Gasteiger partial charge >= 0.3 is 5.97 Å². The van der Waals surface area contributed by atoms with E-state index >= 15 is 0 Å². The lowest BCUT2D eigenvalue weighted by atomic mass is 9.97. The van der Waals surface area contributed by atoms with Gasteiger partial charge in [-0.3, -0.25) is 9.36 Å². The van der Waals surface area contributed by atoms with Crippen LogP contribution in [0.4, 0.5) is 0 Å². The number of hydrogen-bond acceptors (Lipinski definition) is 6. The molecule has 4 heterocycles. The van der Waals surface area contributed by atoms with Gasteiger partial charge in [0, 0.05) is 65.4 Å². The minimum absolute atomic E-state index is 0.297. The Labute approximate surface area is 302 Å². The molecule has 0 aliphatic carbocycles. The van der Waals surface area contributed by atoms with E-state index in [9.17, 15) is 4.79 Å². The summed E-state index contributed by atoms with van der Waals surface area (Å²) in [5.74, 6) is 2.08. The molecule has 3 aromatic carbocycles. The Kier molecular flexibility index (Phi) is 9.98. The van der Waals surface area contributed by atoms with Crippen molar-refractivity contribution in [3.05, 3.63) is 99.2 Å². The molecule has 6 aromatic rings. The molecule has 0 unspecified atom stereocenters. The molecule has 10 heteroatoms. The Bertz CT molecular complexity index is 2210. The Morgan fingerprint density at radius 1 is 1.00 bits per heavy atom. The maximum absolute atomic E-state index is 13.6. The van der Waals surface area contributed by atoms with Crippen LogP contribution < -0.4 is 4.74 Å². The molecule has 3 aromatic heterocycles. The largest absolute Gasteiger partial charge is 0.493 e. The van der Waals surface area contributed by atoms with E-state index in [4.69, 9.17) is 31.3 Å². The summed E-state index contributed by atoms with van der Waals surface area (Å²) >= 11 is 8.97. The summed E-state index contributed by atoms with van der Waals surface area (Å²) in [7, 11) is 3.96. The first-order chi connectivity index (χ1) is 24.3. The van der Waals surface area contributed by atoms with Crippen molar-refractivity contribution in [3.63, 3.8) is 0 Å². The third-order valence-corrected chi connectivity index (χ3v) is 11.0. The zero-order chi connectivity index (χ0) is 34.9. The maximum atomic E-state index is 13.6. The number of aromatic nitrogens is 5. The van der Waals surface area contributed by atoms with Crippen LogP contribution in [0, 0.1) is 6.92 Å². The van der Waals surface area contributed by atoms with Gasteiger partial charge in [0.25, 0.3) is 0 Å². The Morgan fingerprint density at radius 2 is 1.84 bits per heavy atom. The molecule has 50 heavy (non-hydrogen) atoms. The van der Waals surface area contributed by atoms with E-state index < -0.39 is 0 Å². The fourth-order valence-electron chi connectivity index (χ4n) is 7.52. The molecule has 7 rings (SSSR count). The first-order valence-corrected chi connectivity index (χ1v) is 19.1. The molecule has 0 bridgehead atoms. The number of halogens is 1. The quantitative estimate of drug-likeness (QED) is 0.0880. The van der Waals surface area contributed by atoms with Crippen LogP contribution >= 0.6 is 23.4 Å². The van der Waals surface area contributed by atoms with Crippen LogP contribution in [0.1, 0.15) is 71.1 Å². The standard InChI is InChI=1S/C40H44ClN5O3S/c1-6-28-22-27(42-45(28)5)23-50-24-33-37(34-15-10-18-46(34)43-33)36-32(41)17-16-31-30(39(40(47)48-7-2)44(4)38(31)36)14-11-19-49-35-21-25(3)20-26-12-8-9-13-29(26)35/h8-9,12-13,16-17,20-22H,6-7,10-11,14-15,18-19,23-24H2,1-5H3. The summed E-state index contributed by atoms with van der Waals surface area (Å²) in [6.07, 6.45) is 4.32. The van der Waals surface area contributed by atoms with Gasteiger partial charge in [0.2, 0.25) is 0 Å². The maximum Gasteiger partial charge on any atom is 0.355 e. The highest BCUT2D eigenvalue weighted by molar-refractivity contribution is 7.97.